The van der Waals surface area contributed by atoms with Gasteiger partial charge in [-0.05, 0) is 67.3 Å². The number of nitrogens with zero attached hydrogens (tertiary/aromatic N) is 6. The number of rotatable bonds is 7. The normalized spacial score (nSPS) is 13.7. The van der Waals surface area contributed by atoms with Crippen LogP contribution in [0.25, 0.3) is 29.1 Å². The Kier molecular flexibility index (Phi) is 6.29. The van der Waals surface area contributed by atoms with Gasteiger partial charge >= 0.3 is 6.18 Å². The summed E-state index contributed by atoms with van der Waals surface area (Å²) >= 11 is 0. The number of aryl methyl sites for hydroxylation is 1. The fraction of sp³-hybridized carbons (Fsp3) is 0.179. The molecule has 0 saturated heterocycles. The van der Waals surface area contributed by atoms with E-state index in [1.165, 1.54) is 35.7 Å². The van der Waals surface area contributed by atoms with Crippen LogP contribution in [0.1, 0.15) is 39.9 Å². The summed E-state index contributed by atoms with van der Waals surface area (Å²) in [6.45, 7) is 1.90. The molecule has 1 aliphatic carbocycles. The molecule has 3 heterocycles. The second-order valence-electron chi connectivity index (χ2n) is 9.54. The molecule has 1 aliphatic rings. The maximum atomic E-state index is 13.6. The molecule has 202 valence electrons. The fourth-order valence-corrected chi connectivity index (χ4v) is 4.22. The Morgan fingerprint density at radius 3 is 2.67 bits per heavy atom. The molecular formula is C28H23F3N8O. The van der Waals surface area contributed by atoms with Crippen molar-refractivity contribution in [3.63, 3.8) is 0 Å². The fourth-order valence-electron chi connectivity index (χ4n) is 4.22. The highest BCUT2D eigenvalue weighted by molar-refractivity contribution is 6.05. The van der Waals surface area contributed by atoms with Gasteiger partial charge in [-0.25, -0.2) is 19.9 Å². The van der Waals surface area contributed by atoms with Gasteiger partial charge < -0.3 is 15.2 Å². The van der Waals surface area contributed by atoms with Crippen LogP contribution in [0.5, 0.6) is 0 Å². The lowest BCUT2D eigenvalue weighted by atomic mass is 10.0. The van der Waals surface area contributed by atoms with E-state index in [4.69, 9.17) is 0 Å². The number of hydrogen-bond acceptors (Lipinski definition) is 6. The Balaban J connectivity index is 1.25. The third kappa shape index (κ3) is 5.28. The first-order chi connectivity index (χ1) is 19.2. The number of carbonyl (C=O) groups is 1. The number of aromatic nitrogens is 6. The van der Waals surface area contributed by atoms with Crippen molar-refractivity contribution in [1.82, 2.24) is 29.1 Å². The maximum Gasteiger partial charge on any atom is 0.416 e. The average molecular weight is 545 g/mol. The van der Waals surface area contributed by atoms with Gasteiger partial charge in [0.1, 0.15) is 12.7 Å². The summed E-state index contributed by atoms with van der Waals surface area (Å²) in [4.78, 5) is 30.1. The van der Waals surface area contributed by atoms with Crippen LogP contribution in [0.4, 0.5) is 24.7 Å². The minimum atomic E-state index is -4.59. The zero-order valence-electron chi connectivity index (χ0n) is 21.2. The molecule has 5 aromatic rings. The summed E-state index contributed by atoms with van der Waals surface area (Å²) in [5.74, 6) is 0.155. The summed E-state index contributed by atoms with van der Waals surface area (Å²) in [6.07, 6.45) is 8.75. The molecule has 0 atom stereocenters. The lowest BCUT2D eigenvalue weighted by Gasteiger charge is -2.14. The Hall–Kier alpha value is -5.00. The number of hydrogen-bond donors (Lipinski definition) is 2. The highest BCUT2D eigenvalue weighted by Gasteiger charge is 2.31. The van der Waals surface area contributed by atoms with E-state index in [0.29, 0.717) is 28.6 Å². The van der Waals surface area contributed by atoms with E-state index in [1.54, 1.807) is 35.3 Å². The number of imidazole rings is 2. The zero-order valence-corrected chi connectivity index (χ0v) is 21.2. The van der Waals surface area contributed by atoms with Crippen molar-refractivity contribution in [2.45, 2.75) is 32.0 Å². The van der Waals surface area contributed by atoms with Gasteiger partial charge in [0.15, 0.2) is 17.0 Å². The van der Waals surface area contributed by atoms with E-state index in [2.05, 4.69) is 30.6 Å². The topological polar surface area (TPSA) is 103 Å². The SMILES string of the molecule is Cc1ccc(C(=O)Nc2cc(-n3ccnc3)cc(C(F)(F)F)c2)cc1/C=C/n1cnc2c(NC3CC3)ncnc21. The first-order valence-electron chi connectivity index (χ1n) is 12.5. The number of benzene rings is 2. The highest BCUT2D eigenvalue weighted by Crippen LogP contribution is 2.33. The quantitative estimate of drug-likeness (QED) is 0.269. The molecular weight excluding hydrogens is 521 g/mol. The Bertz CT molecular complexity index is 1740. The van der Waals surface area contributed by atoms with Gasteiger partial charge in [0.25, 0.3) is 5.91 Å². The van der Waals surface area contributed by atoms with Crippen LogP contribution in [-0.2, 0) is 6.18 Å². The van der Waals surface area contributed by atoms with Gasteiger partial charge in [-0.2, -0.15) is 13.2 Å². The van der Waals surface area contributed by atoms with Gasteiger partial charge in [-0.3, -0.25) is 9.36 Å². The molecule has 6 rings (SSSR count). The van der Waals surface area contributed by atoms with Crippen LogP contribution < -0.4 is 10.6 Å². The summed E-state index contributed by atoms with van der Waals surface area (Å²) in [5, 5.41) is 5.96. The summed E-state index contributed by atoms with van der Waals surface area (Å²) in [6, 6.07) is 8.88. The number of fused-ring (bicyclic) bond motifs is 1. The standard InChI is InChI=1S/C28H23F3N8O/c1-17-2-3-19(27(40)37-22-11-20(28(29,30)31)12-23(13-22)38-9-7-32-15-38)10-18(17)6-8-39-16-35-24-25(36-21-4-5-21)33-14-34-26(24)39/h2-3,6-16,21H,4-5H2,1H3,(H,37,40)(H,33,34,36)/b8-6+. The summed E-state index contributed by atoms with van der Waals surface area (Å²) < 4.78 is 43.9. The van der Waals surface area contributed by atoms with Gasteiger partial charge in [-0.15, -0.1) is 0 Å². The van der Waals surface area contributed by atoms with Crippen molar-refractivity contribution < 1.29 is 18.0 Å². The van der Waals surface area contributed by atoms with Crippen molar-refractivity contribution in [2.75, 3.05) is 10.6 Å². The molecule has 0 aliphatic heterocycles. The number of halogens is 3. The van der Waals surface area contributed by atoms with Gasteiger partial charge in [0.05, 0.1) is 11.9 Å². The van der Waals surface area contributed by atoms with E-state index < -0.39 is 17.6 Å². The molecule has 3 aromatic heterocycles. The van der Waals surface area contributed by atoms with Crippen LogP contribution in [0.2, 0.25) is 0 Å². The van der Waals surface area contributed by atoms with Crippen molar-refractivity contribution in [2.24, 2.45) is 0 Å². The largest absolute Gasteiger partial charge is 0.416 e. The maximum absolute atomic E-state index is 13.6. The molecule has 2 N–H and O–H groups in total. The smallest absolute Gasteiger partial charge is 0.365 e. The predicted molar refractivity (Wildman–Crippen MR) is 145 cm³/mol. The van der Waals surface area contributed by atoms with E-state index in [9.17, 15) is 18.0 Å². The third-order valence-corrected chi connectivity index (χ3v) is 6.54. The highest BCUT2D eigenvalue weighted by atomic mass is 19.4. The van der Waals surface area contributed by atoms with Crippen LogP contribution in [-0.4, -0.2) is 41.0 Å². The second kappa shape index (κ2) is 9.95. The number of anilines is 2. The molecule has 9 nitrogen and oxygen atoms in total. The molecule has 40 heavy (non-hydrogen) atoms. The van der Waals surface area contributed by atoms with Gasteiger partial charge in [0, 0.05) is 41.6 Å². The van der Waals surface area contributed by atoms with Crippen molar-refractivity contribution in [1.29, 1.82) is 0 Å². The minimum Gasteiger partial charge on any atom is -0.365 e. The van der Waals surface area contributed by atoms with Gasteiger partial charge in [0.2, 0.25) is 0 Å². The Labute approximate surface area is 226 Å². The molecule has 1 fully saturated rings. The summed E-state index contributed by atoms with van der Waals surface area (Å²) in [5.41, 5.74) is 2.61. The molecule has 0 radical (unpaired) electrons. The van der Waals surface area contributed by atoms with Crippen LogP contribution >= 0.6 is 0 Å². The van der Waals surface area contributed by atoms with Crippen LogP contribution in [0, 0.1) is 6.92 Å². The molecule has 0 bridgehead atoms. The molecule has 1 amide bonds. The molecule has 1 saturated carbocycles. The Morgan fingerprint density at radius 2 is 1.93 bits per heavy atom. The predicted octanol–water partition coefficient (Wildman–Crippen LogP) is 5.79. The number of amides is 1. The van der Waals surface area contributed by atoms with Gasteiger partial charge in [-0.1, -0.05) is 6.07 Å². The van der Waals surface area contributed by atoms with Crippen molar-refractivity contribution in [3.8, 4) is 5.69 Å². The minimum absolute atomic E-state index is 0.0152. The van der Waals surface area contributed by atoms with E-state index in [-0.39, 0.29) is 11.4 Å². The number of alkyl halides is 3. The van der Waals surface area contributed by atoms with Crippen molar-refractivity contribution in [3.05, 3.63) is 90.0 Å². The molecule has 0 unspecified atom stereocenters. The monoisotopic (exact) mass is 544 g/mol. The second-order valence-corrected chi connectivity index (χ2v) is 9.54. The first kappa shape index (κ1) is 25.3. The Morgan fingerprint density at radius 1 is 1.07 bits per heavy atom. The molecule has 0 spiro atoms. The zero-order chi connectivity index (χ0) is 27.9. The van der Waals surface area contributed by atoms with E-state index in [0.717, 1.165) is 36.1 Å². The lowest BCUT2D eigenvalue weighted by molar-refractivity contribution is -0.137. The lowest BCUT2D eigenvalue weighted by Crippen LogP contribution is -2.14. The summed E-state index contributed by atoms with van der Waals surface area (Å²) in [7, 11) is 0. The van der Waals surface area contributed by atoms with Crippen LogP contribution in [0.3, 0.4) is 0 Å². The van der Waals surface area contributed by atoms with E-state index in [1.807, 2.05) is 13.0 Å². The molecule has 2 aromatic carbocycles. The number of carbonyl (C=O) groups excluding carboxylic acids is 1. The third-order valence-electron chi connectivity index (χ3n) is 6.54. The first-order valence-corrected chi connectivity index (χ1v) is 12.5. The molecule has 12 heteroatoms. The average Bonchev–Trinajstić information content (AvgIpc) is 3.39. The van der Waals surface area contributed by atoms with E-state index >= 15 is 0 Å². The van der Waals surface area contributed by atoms with Crippen LogP contribution in [0.15, 0.2) is 67.8 Å². The van der Waals surface area contributed by atoms with Crippen molar-refractivity contribution >= 4 is 40.9 Å². The number of nitrogens with one attached hydrogen (secondary N) is 2.